The van der Waals surface area contributed by atoms with E-state index in [0.29, 0.717) is 29.6 Å². The van der Waals surface area contributed by atoms with E-state index >= 15 is 0 Å². The van der Waals surface area contributed by atoms with Gasteiger partial charge in [-0.15, -0.1) is 0 Å². The number of carbonyl (C=O) groups excluding carboxylic acids is 1. The fourth-order valence-electron chi connectivity index (χ4n) is 2.79. The number of carbonyl (C=O) groups is 1. The van der Waals surface area contributed by atoms with Crippen LogP contribution in [0.1, 0.15) is 28.8 Å². The van der Waals surface area contributed by atoms with Crippen molar-refractivity contribution in [3.8, 4) is 11.5 Å². The maximum absolute atomic E-state index is 12.3. The lowest BCUT2D eigenvalue weighted by atomic mass is 10.2. The van der Waals surface area contributed by atoms with Gasteiger partial charge >= 0.3 is 0 Å². The van der Waals surface area contributed by atoms with Crippen LogP contribution in [0, 0.1) is 0 Å². The molecule has 1 fully saturated rings. The summed E-state index contributed by atoms with van der Waals surface area (Å²) < 4.78 is 10.5. The van der Waals surface area contributed by atoms with Crippen LogP contribution in [0.15, 0.2) is 30.6 Å². The molecule has 7 nitrogen and oxygen atoms in total. The fourth-order valence-corrected chi connectivity index (χ4v) is 2.79. The summed E-state index contributed by atoms with van der Waals surface area (Å²) in [4.78, 5) is 23.0. The van der Waals surface area contributed by atoms with Gasteiger partial charge in [0.2, 0.25) is 5.95 Å². The molecule has 1 aromatic carbocycles. The third-order valence-corrected chi connectivity index (χ3v) is 4.22. The lowest BCUT2D eigenvalue weighted by molar-refractivity contribution is 0.0950. The Balaban J connectivity index is 1.62. The number of nitrogens with zero attached hydrogens (tertiary/aromatic N) is 3. The van der Waals surface area contributed by atoms with E-state index in [9.17, 15) is 4.79 Å². The van der Waals surface area contributed by atoms with E-state index < -0.39 is 0 Å². The predicted molar refractivity (Wildman–Crippen MR) is 94.2 cm³/mol. The molecule has 132 valence electrons. The molecule has 1 aliphatic rings. The van der Waals surface area contributed by atoms with Crippen molar-refractivity contribution >= 4 is 11.9 Å². The molecule has 2 heterocycles. The van der Waals surface area contributed by atoms with E-state index in [1.165, 1.54) is 0 Å². The van der Waals surface area contributed by atoms with Crippen molar-refractivity contribution in [1.82, 2.24) is 15.3 Å². The average molecular weight is 342 g/mol. The van der Waals surface area contributed by atoms with E-state index in [0.717, 1.165) is 31.5 Å². The van der Waals surface area contributed by atoms with Crippen molar-refractivity contribution in [3.05, 3.63) is 41.7 Å². The molecule has 3 rings (SSSR count). The first-order valence-corrected chi connectivity index (χ1v) is 8.27. The van der Waals surface area contributed by atoms with Crippen LogP contribution in [0.3, 0.4) is 0 Å². The second kappa shape index (κ2) is 7.83. The Bertz CT molecular complexity index is 728. The number of aromatic nitrogens is 2. The van der Waals surface area contributed by atoms with Gasteiger partial charge in [0.15, 0.2) is 0 Å². The second-order valence-electron chi connectivity index (χ2n) is 5.83. The highest BCUT2D eigenvalue weighted by molar-refractivity contribution is 5.93. The van der Waals surface area contributed by atoms with Gasteiger partial charge in [-0.2, -0.15) is 0 Å². The van der Waals surface area contributed by atoms with Crippen molar-refractivity contribution in [3.63, 3.8) is 0 Å². The molecule has 1 N–H and O–H groups in total. The lowest BCUT2D eigenvalue weighted by Gasteiger charge is -2.14. The van der Waals surface area contributed by atoms with Gasteiger partial charge in [-0.25, -0.2) is 9.97 Å². The molecule has 0 spiro atoms. The van der Waals surface area contributed by atoms with Crippen molar-refractivity contribution in [1.29, 1.82) is 0 Å². The van der Waals surface area contributed by atoms with Crippen LogP contribution < -0.4 is 19.7 Å². The third-order valence-electron chi connectivity index (χ3n) is 4.22. The summed E-state index contributed by atoms with van der Waals surface area (Å²) in [6.07, 6.45) is 5.47. The molecule has 7 heteroatoms. The zero-order valence-corrected chi connectivity index (χ0v) is 14.5. The number of hydrogen-bond acceptors (Lipinski definition) is 6. The normalized spacial score (nSPS) is 13.6. The van der Waals surface area contributed by atoms with Gasteiger partial charge in [0, 0.05) is 43.7 Å². The Hall–Kier alpha value is -2.83. The van der Waals surface area contributed by atoms with Crippen molar-refractivity contribution in [2.75, 3.05) is 32.2 Å². The molecule has 0 unspecified atom stereocenters. The van der Waals surface area contributed by atoms with Gasteiger partial charge in [-0.3, -0.25) is 4.79 Å². The van der Waals surface area contributed by atoms with Gasteiger partial charge in [0.25, 0.3) is 5.91 Å². The van der Waals surface area contributed by atoms with E-state index in [1.54, 1.807) is 32.7 Å². The number of amides is 1. The van der Waals surface area contributed by atoms with Gasteiger partial charge in [0.1, 0.15) is 11.5 Å². The monoisotopic (exact) mass is 342 g/mol. The maximum atomic E-state index is 12.3. The zero-order chi connectivity index (χ0) is 17.6. The van der Waals surface area contributed by atoms with Crippen molar-refractivity contribution in [2.24, 2.45) is 0 Å². The molecule has 1 amide bonds. The summed E-state index contributed by atoms with van der Waals surface area (Å²) >= 11 is 0. The van der Waals surface area contributed by atoms with E-state index in [4.69, 9.17) is 9.47 Å². The second-order valence-corrected chi connectivity index (χ2v) is 5.83. The van der Waals surface area contributed by atoms with Gasteiger partial charge in [0.05, 0.1) is 19.8 Å². The number of hydrogen-bond donors (Lipinski definition) is 1. The molecule has 1 saturated heterocycles. The minimum Gasteiger partial charge on any atom is -0.497 e. The molecule has 25 heavy (non-hydrogen) atoms. The molecule has 0 saturated carbocycles. The Morgan fingerprint density at radius 2 is 1.88 bits per heavy atom. The van der Waals surface area contributed by atoms with E-state index in [1.807, 2.05) is 12.1 Å². The Kier molecular flexibility index (Phi) is 5.33. The molecular formula is C18H22N4O3. The minimum atomic E-state index is -0.217. The highest BCUT2D eigenvalue weighted by Gasteiger charge is 2.16. The van der Waals surface area contributed by atoms with Crippen LogP contribution >= 0.6 is 0 Å². The van der Waals surface area contributed by atoms with Crippen LogP contribution in [-0.2, 0) is 6.54 Å². The number of anilines is 1. The van der Waals surface area contributed by atoms with Gasteiger partial charge < -0.3 is 19.7 Å². The molecule has 1 aliphatic heterocycles. The first-order chi connectivity index (χ1) is 12.2. The molecular weight excluding hydrogens is 320 g/mol. The van der Waals surface area contributed by atoms with E-state index in [-0.39, 0.29) is 5.91 Å². The quantitative estimate of drug-likeness (QED) is 0.865. The smallest absolute Gasteiger partial charge is 0.254 e. The summed E-state index contributed by atoms with van der Waals surface area (Å²) in [5.74, 6) is 1.84. The zero-order valence-electron chi connectivity index (χ0n) is 14.5. The van der Waals surface area contributed by atoms with Crippen molar-refractivity contribution < 1.29 is 14.3 Å². The Labute approximate surface area is 147 Å². The third kappa shape index (κ3) is 3.99. The molecule has 0 aliphatic carbocycles. The summed E-state index contributed by atoms with van der Waals surface area (Å²) in [7, 11) is 3.19. The van der Waals surface area contributed by atoms with Gasteiger partial charge in [-0.1, -0.05) is 0 Å². The van der Waals surface area contributed by atoms with Gasteiger partial charge in [-0.05, 0) is 25.0 Å². The largest absolute Gasteiger partial charge is 0.497 e. The van der Waals surface area contributed by atoms with Crippen molar-refractivity contribution in [2.45, 2.75) is 19.4 Å². The maximum Gasteiger partial charge on any atom is 0.254 e. The Morgan fingerprint density at radius 3 is 2.52 bits per heavy atom. The lowest BCUT2D eigenvalue weighted by Crippen LogP contribution is -2.24. The number of benzene rings is 1. The SMILES string of the molecule is COc1ccc(CNC(=O)c2cnc(N3CCCC3)nc2)c(OC)c1. The summed E-state index contributed by atoms with van der Waals surface area (Å²) in [5, 5.41) is 2.86. The fraction of sp³-hybridized carbons (Fsp3) is 0.389. The minimum absolute atomic E-state index is 0.217. The summed E-state index contributed by atoms with van der Waals surface area (Å²) in [6, 6.07) is 5.48. The number of ether oxygens (including phenoxy) is 2. The highest BCUT2D eigenvalue weighted by Crippen LogP contribution is 2.24. The standard InChI is InChI=1S/C18H22N4O3/c1-24-15-6-5-13(16(9-15)25-2)10-19-17(23)14-11-20-18(21-12-14)22-7-3-4-8-22/h5-6,9,11-12H,3-4,7-8,10H2,1-2H3,(H,19,23). The van der Waals surface area contributed by atoms with Crippen LogP contribution in [0.4, 0.5) is 5.95 Å². The van der Waals surface area contributed by atoms with E-state index in [2.05, 4.69) is 20.2 Å². The number of methoxy groups -OCH3 is 2. The number of rotatable bonds is 6. The first kappa shape index (κ1) is 17.0. The molecule has 2 aromatic rings. The Morgan fingerprint density at radius 1 is 1.16 bits per heavy atom. The predicted octanol–water partition coefficient (Wildman–Crippen LogP) is 2.02. The molecule has 0 bridgehead atoms. The highest BCUT2D eigenvalue weighted by atomic mass is 16.5. The molecule has 1 aromatic heterocycles. The topological polar surface area (TPSA) is 76.6 Å². The van der Waals surface area contributed by atoms with Crippen LogP contribution in [0.2, 0.25) is 0 Å². The molecule has 0 atom stereocenters. The summed E-state index contributed by atoms with van der Waals surface area (Å²) in [6.45, 7) is 2.30. The number of nitrogens with one attached hydrogen (secondary N) is 1. The van der Waals surface area contributed by atoms with Crippen LogP contribution in [0.5, 0.6) is 11.5 Å². The molecule has 0 radical (unpaired) electrons. The summed E-state index contributed by atoms with van der Waals surface area (Å²) in [5.41, 5.74) is 1.31. The average Bonchev–Trinajstić information content (AvgIpc) is 3.20. The first-order valence-electron chi connectivity index (χ1n) is 8.27. The van der Waals surface area contributed by atoms with Crippen LogP contribution in [0.25, 0.3) is 0 Å². The van der Waals surface area contributed by atoms with Crippen LogP contribution in [-0.4, -0.2) is 43.2 Å².